The van der Waals surface area contributed by atoms with Gasteiger partial charge in [-0.2, -0.15) is 0 Å². The first-order chi connectivity index (χ1) is 8.10. The molecule has 2 saturated heterocycles. The second kappa shape index (κ2) is 4.91. The number of rotatable bonds is 3. The zero-order valence-electron chi connectivity index (χ0n) is 9.72. The number of carboxylic acids is 1. The van der Waals surface area contributed by atoms with E-state index >= 15 is 0 Å². The van der Waals surface area contributed by atoms with Crippen LogP contribution in [0.2, 0.25) is 0 Å². The van der Waals surface area contributed by atoms with Crippen molar-refractivity contribution in [3.8, 4) is 0 Å². The molecule has 2 aliphatic heterocycles. The minimum absolute atomic E-state index is 0.0714. The molecule has 0 saturated carbocycles. The standard InChI is InChI=1S/C11H17NO5/c1-16-11(15)12-9(10(13)14)6-4-7-2-3-8(5-6)17-7/h6-9H,2-5H2,1H3,(H,12,15)(H,13,14)/t6-,7-,8+,9?. The number of carbonyl (C=O) groups is 2. The Morgan fingerprint density at radius 1 is 1.35 bits per heavy atom. The molecule has 6 nitrogen and oxygen atoms in total. The zero-order valence-corrected chi connectivity index (χ0v) is 9.72. The number of hydrogen-bond donors (Lipinski definition) is 2. The van der Waals surface area contributed by atoms with Gasteiger partial charge in [0.1, 0.15) is 6.04 Å². The monoisotopic (exact) mass is 243 g/mol. The fourth-order valence-corrected chi connectivity index (χ4v) is 2.74. The predicted molar refractivity (Wildman–Crippen MR) is 57.6 cm³/mol. The van der Waals surface area contributed by atoms with Crippen LogP contribution < -0.4 is 5.32 Å². The van der Waals surface area contributed by atoms with Gasteiger partial charge in [0.25, 0.3) is 0 Å². The Morgan fingerprint density at radius 3 is 2.41 bits per heavy atom. The van der Waals surface area contributed by atoms with Gasteiger partial charge in [0.15, 0.2) is 0 Å². The first-order valence-corrected chi connectivity index (χ1v) is 5.83. The van der Waals surface area contributed by atoms with Crippen LogP contribution >= 0.6 is 0 Å². The van der Waals surface area contributed by atoms with Crippen LogP contribution in [0.15, 0.2) is 0 Å². The molecular formula is C11H17NO5. The highest BCUT2D eigenvalue weighted by molar-refractivity contribution is 5.80. The lowest BCUT2D eigenvalue weighted by molar-refractivity contribution is -0.142. The van der Waals surface area contributed by atoms with E-state index in [1.165, 1.54) is 7.11 Å². The number of carboxylic acid groups (broad SMARTS) is 1. The number of fused-ring (bicyclic) bond motifs is 2. The molecule has 2 heterocycles. The van der Waals surface area contributed by atoms with E-state index in [1.54, 1.807) is 0 Å². The molecule has 0 spiro atoms. The summed E-state index contributed by atoms with van der Waals surface area (Å²) in [5.74, 6) is -1.08. The van der Waals surface area contributed by atoms with Crippen LogP contribution in [0, 0.1) is 5.92 Å². The number of nitrogens with one attached hydrogen (secondary N) is 1. The summed E-state index contributed by atoms with van der Waals surface area (Å²) < 4.78 is 10.1. The summed E-state index contributed by atoms with van der Waals surface area (Å²) in [5, 5.41) is 11.5. The maximum atomic E-state index is 11.2. The van der Waals surface area contributed by atoms with Crippen molar-refractivity contribution in [1.82, 2.24) is 5.32 Å². The highest BCUT2D eigenvalue weighted by Gasteiger charge is 2.41. The summed E-state index contributed by atoms with van der Waals surface area (Å²) in [6, 6.07) is -0.880. The number of hydrogen-bond acceptors (Lipinski definition) is 4. The number of amides is 1. The summed E-state index contributed by atoms with van der Waals surface area (Å²) in [7, 11) is 1.22. The van der Waals surface area contributed by atoms with Crippen molar-refractivity contribution in [3.05, 3.63) is 0 Å². The summed E-state index contributed by atoms with van der Waals surface area (Å²) in [5.41, 5.74) is 0. The van der Waals surface area contributed by atoms with E-state index < -0.39 is 18.1 Å². The highest BCUT2D eigenvalue weighted by Crippen LogP contribution is 2.37. The van der Waals surface area contributed by atoms with Crippen molar-refractivity contribution in [3.63, 3.8) is 0 Å². The lowest BCUT2D eigenvalue weighted by atomic mass is 9.88. The Bertz CT molecular complexity index is 307. The van der Waals surface area contributed by atoms with E-state index in [-0.39, 0.29) is 18.1 Å². The van der Waals surface area contributed by atoms with Crippen molar-refractivity contribution >= 4 is 12.1 Å². The molecule has 4 atom stereocenters. The Balaban J connectivity index is 2.01. The van der Waals surface area contributed by atoms with Gasteiger partial charge in [-0.1, -0.05) is 0 Å². The third-order valence-electron chi connectivity index (χ3n) is 3.52. The molecule has 6 heteroatoms. The van der Waals surface area contributed by atoms with Crippen LogP contribution in [0.5, 0.6) is 0 Å². The third-order valence-corrected chi connectivity index (χ3v) is 3.52. The van der Waals surface area contributed by atoms with Crippen LogP contribution in [0.3, 0.4) is 0 Å². The zero-order chi connectivity index (χ0) is 12.4. The summed E-state index contributed by atoms with van der Waals surface area (Å²) in [6.45, 7) is 0. The van der Waals surface area contributed by atoms with Gasteiger partial charge in [-0.15, -0.1) is 0 Å². The normalized spacial score (nSPS) is 32.9. The first kappa shape index (κ1) is 12.2. The van der Waals surface area contributed by atoms with E-state index in [9.17, 15) is 9.59 Å². The maximum absolute atomic E-state index is 11.2. The third kappa shape index (κ3) is 2.69. The number of carbonyl (C=O) groups excluding carboxylic acids is 1. The Labute approximate surface area is 99.3 Å². The lowest BCUT2D eigenvalue weighted by Gasteiger charge is -2.32. The van der Waals surface area contributed by atoms with Gasteiger partial charge in [0.05, 0.1) is 19.3 Å². The molecule has 2 rings (SSSR count). The van der Waals surface area contributed by atoms with Crippen molar-refractivity contribution < 1.29 is 24.2 Å². The number of ether oxygens (including phenoxy) is 2. The predicted octanol–water partition coefficient (Wildman–Crippen LogP) is 0.753. The topological polar surface area (TPSA) is 84.9 Å². The molecule has 2 bridgehead atoms. The Kier molecular flexibility index (Phi) is 3.51. The average Bonchev–Trinajstić information content (AvgIpc) is 2.64. The number of methoxy groups -OCH3 is 1. The van der Waals surface area contributed by atoms with Crippen molar-refractivity contribution in [2.24, 2.45) is 5.92 Å². The van der Waals surface area contributed by atoms with Gasteiger partial charge in [-0.3, -0.25) is 0 Å². The molecule has 0 aromatic carbocycles. The van der Waals surface area contributed by atoms with Gasteiger partial charge >= 0.3 is 12.1 Å². The molecule has 96 valence electrons. The molecular weight excluding hydrogens is 226 g/mol. The molecule has 0 radical (unpaired) electrons. The molecule has 0 aromatic rings. The molecule has 0 aliphatic carbocycles. The second-order valence-electron chi connectivity index (χ2n) is 4.64. The van der Waals surface area contributed by atoms with E-state index in [2.05, 4.69) is 10.1 Å². The quantitative estimate of drug-likeness (QED) is 0.764. The van der Waals surface area contributed by atoms with Gasteiger partial charge in [0.2, 0.25) is 0 Å². The highest BCUT2D eigenvalue weighted by atomic mass is 16.5. The molecule has 1 unspecified atom stereocenters. The number of alkyl carbamates (subject to hydrolysis) is 1. The second-order valence-corrected chi connectivity index (χ2v) is 4.64. The minimum atomic E-state index is -1.01. The average molecular weight is 243 g/mol. The summed E-state index contributed by atoms with van der Waals surface area (Å²) in [4.78, 5) is 22.3. The lowest BCUT2D eigenvalue weighted by Crippen LogP contribution is -2.48. The molecule has 2 fully saturated rings. The molecule has 2 N–H and O–H groups in total. The van der Waals surface area contributed by atoms with Crippen LogP contribution in [0.4, 0.5) is 4.79 Å². The van der Waals surface area contributed by atoms with Crippen LogP contribution in [0.1, 0.15) is 25.7 Å². The van der Waals surface area contributed by atoms with Crippen LogP contribution in [0.25, 0.3) is 0 Å². The van der Waals surface area contributed by atoms with Crippen LogP contribution in [-0.2, 0) is 14.3 Å². The smallest absolute Gasteiger partial charge is 0.407 e. The van der Waals surface area contributed by atoms with Gasteiger partial charge in [-0.05, 0) is 31.6 Å². The van der Waals surface area contributed by atoms with Gasteiger partial charge < -0.3 is 19.9 Å². The molecule has 0 aromatic heterocycles. The number of aliphatic carboxylic acids is 1. The van der Waals surface area contributed by atoms with Crippen molar-refractivity contribution in [2.45, 2.75) is 43.9 Å². The summed E-state index contributed by atoms with van der Waals surface area (Å²) >= 11 is 0. The van der Waals surface area contributed by atoms with E-state index in [0.29, 0.717) is 12.8 Å². The summed E-state index contributed by atoms with van der Waals surface area (Å²) in [6.07, 6.45) is 2.98. The van der Waals surface area contributed by atoms with E-state index in [1.807, 2.05) is 0 Å². The maximum Gasteiger partial charge on any atom is 0.407 e. The SMILES string of the molecule is COC(=O)NC(C(=O)O)[C@@H]1C[C@H]2CC[C@@H](C1)O2. The van der Waals surface area contributed by atoms with E-state index in [0.717, 1.165) is 12.8 Å². The van der Waals surface area contributed by atoms with Gasteiger partial charge in [-0.25, -0.2) is 9.59 Å². The Morgan fingerprint density at radius 2 is 1.94 bits per heavy atom. The fraction of sp³-hybridized carbons (Fsp3) is 0.818. The molecule has 1 amide bonds. The van der Waals surface area contributed by atoms with E-state index in [4.69, 9.17) is 9.84 Å². The van der Waals surface area contributed by atoms with Crippen LogP contribution in [-0.4, -0.2) is 42.5 Å². The fourth-order valence-electron chi connectivity index (χ4n) is 2.74. The minimum Gasteiger partial charge on any atom is -0.480 e. The molecule has 2 aliphatic rings. The van der Waals surface area contributed by atoms with Crippen molar-refractivity contribution in [2.75, 3.05) is 7.11 Å². The Hall–Kier alpha value is -1.30. The van der Waals surface area contributed by atoms with Gasteiger partial charge in [0, 0.05) is 0 Å². The largest absolute Gasteiger partial charge is 0.480 e. The first-order valence-electron chi connectivity index (χ1n) is 5.83. The molecule has 17 heavy (non-hydrogen) atoms. The van der Waals surface area contributed by atoms with Crippen molar-refractivity contribution in [1.29, 1.82) is 0 Å².